The molecule has 94 valence electrons. The van der Waals surface area contributed by atoms with Crippen LogP contribution in [0.1, 0.15) is 18.4 Å². The Hall–Kier alpha value is -1.13. The molecule has 1 aliphatic carbocycles. The minimum absolute atomic E-state index is 0.713. The molecule has 0 unspecified atom stereocenters. The highest BCUT2D eigenvalue weighted by Crippen LogP contribution is 2.21. The Labute approximate surface area is 103 Å². The van der Waals surface area contributed by atoms with Gasteiger partial charge in [-0.3, -0.25) is 4.98 Å². The third-order valence-electron chi connectivity index (χ3n) is 2.81. The van der Waals surface area contributed by atoms with Gasteiger partial charge in [0.05, 0.1) is 0 Å². The van der Waals surface area contributed by atoms with Crippen molar-refractivity contribution >= 4 is 0 Å². The number of hydrogen-bond acceptors (Lipinski definition) is 4. The monoisotopic (exact) mass is 235 g/mol. The lowest BCUT2D eigenvalue weighted by Gasteiger charge is -2.13. The first-order chi connectivity index (χ1) is 8.25. The van der Waals surface area contributed by atoms with Gasteiger partial charge in [0, 0.05) is 37.1 Å². The summed E-state index contributed by atoms with van der Waals surface area (Å²) in [5.74, 6) is 0.954. The first kappa shape index (κ1) is 12.3. The summed E-state index contributed by atoms with van der Waals surface area (Å²) >= 11 is 0. The van der Waals surface area contributed by atoms with Crippen LogP contribution in [0.2, 0.25) is 0 Å². The summed E-state index contributed by atoms with van der Waals surface area (Å²) in [6, 6.07) is 2.66. The van der Waals surface area contributed by atoms with E-state index in [2.05, 4.69) is 15.2 Å². The molecule has 0 atom stereocenters. The topological polar surface area (TPSA) is 37.4 Å². The van der Waals surface area contributed by atoms with Crippen LogP contribution in [-0.4, -0.2) is 43.2 Å². The number of ether oxygens (including phenoxy) is 1. The lowest BCUT2D eigenvalue weighted by molar-refractivity contribution is 0.259. The van der Waals surface area contributed by atoms with Crippen molar-refractivity contribution in [1.29, 1.82) is 0 Å². The van der Waals surface area contributed by atoms with Crippen LogP contribution in [0.5, 0.6) is 5.75 Å². The number of hydrogen-bond donors (Lipinski definition) is 1. The second-order valence-corrected chi connectivity index (χ2v) is 4.79. The van der Waals surface area contributed by atoms with E-state index in [0.29, 0.717) is 12.6 Å². The lowest BCUT2D eigenvalue weighted by atomic mass is 10.2. The van der Waals surface area contributed by atoms with Gasteiger partial charge in [-0.2, -0.15) is 0 Å². The first-order valence-electron chi connectivity index (χ1n) is 6.19. The molecular weight excluding hydrogens is 214 g/mol. The quantitative estimate of drug-likeness (QED) is 0.772. The second-order valence-electron chi connectivity index (χ2n) is 4.79. The predicted molar refractivity (Wildman–Crippen MR) is 68.1 cm³/mol. The zero-order chi connectivity index (χ0) is 12.1. The van der Waals surface area contributed by atoms with Gasteiger partial charge in [0.15, 0.2) is 0 Å². The molecule has 1 aliphatic rings. The number of nitrogens with one attached hydrogen (secondary N) is 1. The highest BCUT2D eigenvalue weighted by atomic mass is 16.5. The zero-order valence-electron chi connectivity index (χ0n) is 10.6. The Balaban J connectivity index is 1.85. The van der Waals surface area contributed by atoms with Crippen LogP contribution in [0, 0.1) is 0 Å². The van der Waals surface area contributed by atoms with Gasteiger partial charge < -0.3 is 15.0 Å². The Morgan fingerprint density at radius 1 is 1.47 bits per heavy atom. The second kappa shape index (κ2) is 5.98. The van der Waals surface area contributed by atoms with Gasteiger partial charge in [-0.15, -0.1) is 0 Å². The van der Waals surface area contributed by atoms with Crippen LogP contribution >= 0.6 is 0 Å². The van der Waals surface area contributed by atoms with Crippen molar-refractivity contribution < 1.29 is 4.74 Å². The van der Waals surface area contributed by atoms with Crippen LogP contribution in [0.25, 0.3) is 0 Å². The maximum atomic E-state index is 5.78. The standard InChI is InChI=1S/C13H21N3O/c1-16(2)7-8-17-13-5-6-14-9-11(13)10-15-12-3-4-12/h5-6,9,12,15H,3-4,7-8,10H2,1-2H3. The molecule has 1 aromatic heterocycles. The van der Waals surface area contributed by atoms with E-state index in [9.17, 15) is 0 Å². The predicted octanol–water partition coefficient (Wildman–Crippen LogP) is 1.27. The van der Waals surface area contributed by atoms with E-state index in [-0.39, 0.29) is 0 Å². The fourth-order valence-electron chi connectivity index (χ4n) is 1.57. The Morgan fingerprint density at radius 2 is 2.29 bits per heavy atom. The number of likely N-dealkylation sites (N-methyl/N-ethyl adjacent to an activating group) is 1. The van der Waals surface area contributed by atoms with Crippen molar-refractivity contribution in [3.05, 3.63) is 24.0 Å². The molecule has 0 aromatic carbocycles. The summed E-state index contributed by atoms with van der Waals surface area (Å²) in [5, 5.41) is 3.48. The van der Waals surface area contributed by atoms with Crippen LogP contribution in [0.4, 0.5) is 0 Å². The molecule has 0 spiro atoms. The third kappa shape index (κ3) is 4.32. The molecule has 0 bridgehead atoms. The molecule has 17 heavy (non-hydrogen) atoms. The average molecular weight is 235 g/mol. The van der Waals surface area contributed by atoms with E-state index in [1.807, 2.05) is 26.4 Å². The van der Waals surface area contributed by atoms with Crippen molar-refractivity contribution in [2.24, 2.45) is 0 Å². The largest absolute Gasteiger partial charge is 0.492 e. The summed E-state index contributed by atoms with van der Waals surface area (Å²) < 4.78 is 5.78. The zero-order valence-corrected chi connectivity index (χ0v) is 10.6. The Kier molecular flexibility index (Phi) is 4.34. The SMILES string of the molecule is CN(C)CCOc1ccncc1CNC1CC1. The molecular formula is C13H21N3O. The van der Waals surface area contributed by atoms with Gasteiger partial charge in [-0.05, 0) is 33.0 Å². The maximum Gasteiger partial charge on any atom is 0.126 e. The van der Waals surface area contributed by atoms with E-state index >= 15 is 0 Å². The third-order valence-corrected chi connectivity index (χ3v) is 2.81. The summed E-state index contributed by atoms with van der Waals surface area (Å²) in [7, 11) is 4.09. The minimum atomic E-state index is 0.713. The van der Waals surface area contributed by atoms with E-state index in [1.165, 1.54) is 12.8 Å². The summed E-state index contributed by atoms with van der Waals surface area (Å²) in [5.41, 5.74) is 1.15. The molecule has 0 aliphatic heterocycles. The van der Waals surface area contributed by atoms with Gasteiger partial charge in [-0.25, -0.2) is 0 Å². The van der Waals surface area contributed by atoms with Crippen LogP contribution in [0.3, 0.4) is 0 Å². The Bertz CT molecular complexity index is 350. The van der Waals surface area contributed by atoms with Crippen LogP contribution in [-0.2, 0) is 6.54 Å². The highest BCUT2D eigenvalue weighted by molar-refractivity contribution is 5.30. The minimum Gasteiger partial charge on any atom is -0.492 e. The smallest absolute Gasteiger partial charge is 0.126 e. The van der Waals surface area contributed by atoms with Gasteiger partial charge in [0.1, 0.15) is 12.4 Å². The normalized spacial score (nSPS) is 15.2. The molecule has 0 saturated heterocycles. The molecule has 0 radical (unpaired) electrons. The van der Waals surface area contributed by atoms with E-state index in [1.54, 1.807) is 6.20 Å². The summed E-state index contributed by atoms with van der Waals surface area (Å²) in [6.07, 6.45) is 6.28. The van der Waals surface area contributed by atoms with Gasteiger partial charge >= 0.3 is 0 Å². The van der Waals surface area contributed by atoms with Gasteiger partial charge in [0.25, 0.3) is 0 Å². The van der Waals surface area contributed by atoms with E-state index < -0.39 is 0 Å². The molecule has 2 rings (SSSR count). The van der Waals surface area contributed by atoms with Crippen LogP contribution < -0.4 is 10.1 Å². The van der Waals surface area contributed by atoms with E-state index in [4.69, 9.17) is 4.74 Å². The van der Waals surface area contributed by atoms with Crippen molar-refractivity contribution in [3.63, 3.8) is 0 Å². The number of rotatable bonds is 7. The molecule has 1 saturated carbocycles. The average Bonchev–Trinajstić information content (AvgIpc) is 3.11. The molecule has 1 fully saturated rings. The number of aromatic nitrogens is 1. The summed E-state index contributed by atoms with van der Waals surface area (Å²) in [6.45, 7) is 2.50. The molecule has 0 amide bonds. The molecule has 1 heterocycles. The fraction of sp³-hybridized carbons (Fsp3) is 0.615. The van der Waals surface area contributed by atoms with Gasteiger partial charge in [0.2, 0.25) is 0 Å². The Morgan fingerprint density at radius 3 is 3.00 bits per heavy atom. The lowest BCUT2D eigenvalue weighted by Crippen LogP contribution is -2.20. The van der Waals surface area contributed by atoms with Crippen molar-refractivity contribution in [2.45, 2.75) is 25.4 Å². The first-order valence-corrected chi connectivity index (χ1v) is 6.19. The molecule has 1 N–H and O–H groups in total. The van der Waals surface area contributed by atoms with E-state index in [0.717, 1.165) is 24.4 Å². The van der Waals surface area contributed by atoms with Crippen molar-refractivity contribution in [2.75, 3.05) is 27.2 Å². The molecule has 1 aromatic rings. The molecule has 4 nitrogen and oxygen atoms in total. The van der Waals surface area contributed by atoms with Gasteiger partial charge in [-0.1, -0.05) is 0 Å². The van der Waals surface area contributed by atoms with Crippen LogP contribution in [0.15, 0.2) is 18.5 Å². The molecule has 4 heteroatoms. The fourth-order valence-corrected chi connectivity index (χ4v) is 1.57. The number of nitrogens with zero attached hydrogens (tertiary/aromatic N) is 2. The summed E-state index contributed by atoms with van der Waals surface area (Å²) in [4.78, 5) is 6.27. The van der Waals surface area contributed by atoms with Crippen molar-refractivity contribution in [3.8, 4) is 5.75 Å². The highest BCUT2D eigenvalue weighted by Gasteiger charge is 2.20. The van der Waals surface area contributed by atoms with Crippen molar-refractivity contribution in [1.82, 2.24) is 15.2 Å². The number of pyridine rings is 1. The maximum absolute atomic E-state index is 5.78.